The van der Waals surface area contributed by atoms with E-state index in [4.69, 9.17) is 16.3 Å². The lowest BCUT2D eigenvalue weighted by Gasteiger charge is -2.13. The van der Waals surface area contributed by atoms with Gasteiger partial charge in [0.1, 0.15) is 24.5 Å². The maximum absolute atomic E-state index is 12.2. The second-order valence-corrected chi connectivity index (χ2v) is 10.5. The van der Waals surface area contributed by atoms with Crippen molar-refractivity contribution in [2.75, 3.05) is 30.8 Å². The molecule has 3 heterocycles. The van der Waals surface area contributed by atoms with Crippen molar-refractivity contribution in [3.8, 4) is 17.6 Å². The van der Waals surface area contributed by atoms with Gasteiger partial charge in [0.05, 0.1) is 27.5 Å². The number of halogens is 1. The average molecular weight is 551 g/mol. The van der Waals surface area contributed by atoms with Crippen LogP contribution >= 0.6 is 11.6 Å². The smallest absolute Gasteiger partial charge is 0.247 e. The van der Waals surface area contributed by atoms with E-state index in [1.807, 2.05) is 36.4 Å². The molecule has 2 fully saturated rings. The van der Waals surface area contributed by atoms with Crippen LogP contribution in [0.15, 0.2) is 73.7 Å². The number of benzene rings is 2. The molecule has 40 heavy (non-hydrogen) atoms. The molecule has 4 aromatic rings. The monoisotopic (exact) mass is 550 g/mol. The van der Waals surface area contributed by atoms with E-state index in [1.165, 1.54) is 12.4 Å². The third kappa shape index (κ3) is 5.48. The Morgan fingerprint density at radius 1 is 1.18 bits per heavy atom. The van der Waals surface area contributed by atoms with Crippen LogP contribution < -0.4 is 15.4 Å². The second-order valence-electron chi connectivity index (χ2n) is 10.1. The van der Waals surface area contributed by atoms with Crippen LogP contribution in [0.1, 0.15) is 11.3 Å². The van der Waals surface area contributed by atoms with Crippen molar-refractivity contribution in [2.24, 2.45) is 17.8 Å². The minimum absolute atomic E-state index is 0.313. The van der Waals surface area contributed by atoms with Crippen molar-refractivity contribution in [2.45, 2.75) is 6.61 Å². The maximum atomic E-state index is 12.2. The SMILES string of the molecule is C=CC(=O)Nc1cc2c(Nc3ccc(OCc4ccccn4)c(Cl)c3)ncnc2cc1C#CC1[C@H]2CN(C)C[C@@H]12. The predicted octanol–water partition coefficient (Wildman–Crippen LogP) is 5.28. The summed E-state index contributed by atoms with van der Waals surface area (Å²) in [5.74, 6) is 9.23. The lowest BCUT2D eigenvalue weighted by atomic mass is 10.1. The Morgan fingerprint density at radius 3 is 2.77 bits per heavy atom. The van der Waals surface area contributed by atoms with E-state index in [-0.39, 0.29) is 5.91 Å². The van der Waals surface area contributed by atoms with Crippen molar-refractivity contribution in [1.29, 1.82) is 0 Å². The number of anilines is 3. The molecule has 2 aromatic heterocycles. The Morgan fingerprint density at radius 2 is 2.02 bits per heavy atom. The molecular formula is C31H27ClN6O2. The van der Waals surface area contributed by atoms with Gasteiger partial charge in [-0.05, 0) is 67.4 Å². The summed E-state index contributed by atoms with van der Waals surface area (Å²) in [5.41, 5.74) is 3.53. The van der Waals surface area contributed by atoms with Gasteiger partial charge in [-0.15, -0.1) is 0 Å². The van der Waals surface area contributed by atoms with Gasteiger partial charge >= 0.3 is 0 Å². The first-order chi connectivity index (χ1) is 19.5. The number of likely N-dealkylation sites (tertiary alicyclic amines) is 1. The Kier molecular flexibility index (Phi) is 7.08. The van der Waals surface area contributed by atoms with Crippen LogP contribution in [0.3, 0.4) is 0 Å². The van der Waals surface area contributed by atoms with E-state index in [0.717, 1.165) is 29.9 Å². The van der Waals surface area contributed by atoms with Crippen LogP contribution in [0, 0.1) is 29.6 Å². The number of piperidine rings is 1. The summed E-state index contributed by atoms with van der Waals surface area (Å²) < 4.78 is 5.84. The fraction of sp³-hybridized carbons (Fsp3) is 0.226. The highest BCUT2D eigenvalue weighted by atomic mass is 35.5. The first-order valence-electron chi connectivity index (χ1n) is 13.0. The van der Waals surface area contributed by atoms with Crippen molar-refractivity contribution < 1.29 is 9.53 Å². The number of nitrogens with one attached hydrogen (secondary N) is 2. The normalized spacial score (nSPS) is 19.3. The number of pyridine rings is 1. The molecule has 3 atom stereocenters. The summed E-state index contributed by atoms with van der Waals surface area (Å²) in [5, 5.41) is 7.39. The summed E-state index contributed by atoms with van der Waals surface area (Å²) in [6.45, 7) is 6.07. The molecule has 0 radical (unpaired) electrons. The average Bonchev–Trinajstić information content (AvgIpc) is 3.43. The molecule has 1 saturated heterocycles. The molecule has 1 amide bonds. The van der Waals surface area contributed by atoms with E-state index in [2.05, 4.69) is 56.0 Å². The number of hydrogen-bond acceptors (Lipinski definition) is 7. The standard InChI is InChI=1S/C31H27ClN6O2/c1-3-30(39)37-27-14-23-28(12-19(27)7-9-22-24-15-38(2)16-25(22)24)34-18-35-31(23)36-20-8-10-29(26(32)13-20)40-17-21-6-4-5-11-33-21/h3-6,8,10-14,18,22,24-25H,1,15-17H2,2H3,(H,37,39)(H,34,35,36)/t22?,24-,25+. The molecular weight excluding hydrogens is 524 g/mol. The molecule has 8 nitrogen and oxygen atoms in total. The van der Waals surface area contributed by atoms with Crippen LogP contribution in [0.25, 0.3) is 10.9 Å². The highest BCUT2D eigenvalue weighted by Crippen LogP contribution is 2.50. The van der Waals surface area contributed by atoms with Crippen molar-refractivity contribution in [1.82, 2.24) is 19.9 Å². The van der Waals surface area contributed by atoms with Crippen molar-refractivity contribution in [3.63, 3.8) is 0 Å². The third-order valence-corrected chi connectivity index (χ3v) is 7.56. The van der Waals surface area contributed by atoms with Gasteiger partial charge in [-0.2, -0.15) is 0 Å². The van der Waals surface area contributed by atoms with Crippen LogP contribution in [-0.2, 0) is 11.4 Å². The van der Waals surface area contributed by atoms with E-state index in [0.29, 0.717) is 57.7 Å². The topological polar surface area (TPSA) is 92.3 Å². The first kappa shape index (κ1) is 25.8. The largest absolute Gasteiger partial charge is 0.486 e. The Balaban J connectivity index is 1.25. The molecule has 1 aliphatic carbocycles. The van der Waals surface area contributed by atoms with E-state index in [1.54, 1.807) is 18.3 Å². The highest BCUT2D eigenvalue weighted by molar-refractivity contribution is 6.32. The van der Waals surface area contributed by atoms with E-state index in [9.17, 15) is 4.79 Å². The Labute approximate surface area is 237 Å². The number of fused-ring (bicyclic) bond motifs is 2. The molecule has 0 spiro atoms. The van der Waals surface area contributed by atoms with Crippen LogP contribution in [-0.4, -0.2) is 45.9 Å². The van der Waals surface area contributed by atoms with Gasteiger partial charge in [0.15, 0.2) is 0 Å². The van der Waals surface area contributed by atoms with Crippen molar-refractivity contribution >= 4 is 45.6 Å². The Bertz CT molecular complexity index is 1650. The molecule has 2 aliphatic rings. The maximum Gasteiger partial charge on any atom is 0.247 e. The number of ether oxygens (including phenoxy) is 1. The quantitative estimate of drug-likeness (QED) is 0.239. The fourth-order valence-electron chi connectivity index (χ4n) is 5.17. The summed E-state index contributed by atoms with van der Waals surface area (Å²) in [7, 11) is 2.15. The van der Waals surface area contributed by atoms with Gasteiger partial charge in [0.2, 0.25) is 5.91 Å². The minimum atomic E-state index is -0.313. The first-order valence-corrected chi connectivity index (χ1v) is 13.4. The molecule has 1 unspecified atom stereocenters. The number of carbonyl (C=O) groups is 1. The van der Waals surface area contributed by atoms with E-state index < -0.39 is 0 Å². The van der Waals surface area contributed by atoms with Gasteiger partial charge in [-0.25, -0.2) is 9.97 Å². The predicted molar refractivity (Wildman–Crippen MR) is 157 cm³/mol. The molecule has 200 valence electrons. The van der Waals surface area contributed by atoms with Gasteiger partial charge in [-0.3, -0.25) is 9.78 Å². The van der Waals surface area contributed by atoms with Gasteiger partial charge in [-0.1, -0.05) is 36.1 Å². The molecule has 9 heteroatoms. The fourth-order valence-corrected chi connectivity index (χ4v) is 5.41. The number of amides is 1. The third-order valence-electron chi connectivity index (χ3n) is 7.26. The Hall–Kier alpha value is -4.45. The zero-order valence-electron chi connectivity index (χ0n) is 21.9. The van der Waals surface area contributed by atoms with Crippen molar-refractivity contribution in [3.05, 3.63) is 90.0 Å². The van der Waals surface area contributed by atoms with Crippen LogP contribution in [0.2, 0.25) is 5.02 Å². The summed E-state index contributed by atoms with van der Waals surface area (Å²) in [6.07, 6.45) is 4.46. The number of rotatable bonds is 7. The van der Waals surface area contributed by atoms with Gasteiger partial charge < -0.3 is 20.3 Å². The van der Waals surface area contributed by atoms with Crippen LogP contribution in [0.4, 0.5) is 17.2 Å². The molecule has 6 rings (SSSR count). The molecule has 2 N–H and O–H groups in total. The van der Waals surface area contributed by atoms with Gasteiger partial charge in [0, 0.05) is 36.3 Å². The van der Waals surface area contributed by atoms with E-state index >= 15 is 0 Å². The lowest BCUT2D eigenvalue weighted by molar-refractivity contribution is -0.111. The minimum Gasteiger partial charge on any atom is -0.486 e. The lowest BCUT2D eigenvalue weighted by Crippen LogP contribution is -2.18. The zero-order valence-corrected chi connectivity index (χ0v) is 22.7. The number of hydrogen-bond donors (Lipinski definition) is 2. The molecule has 1 aliphatic heterocycles. The molecule has 2 aromatic carbocycles. The molecule has 0 bridgehead atoms. The van der Waals surface area contributed by atoms with Gasteiger partial charge in [0.25, 0.3) is 0 Å². The summed E-state index contributed by atoms with van der Waals surface area (Å²) in [6, 6.07) is 14.8. The van der Waals surface area contributed by atoms with Crippen LogP contribution in [0.5, 0.6) is 5.75 Å². The number of aromatic nitrogens is 3. The summed E-state index contributed by atoms with van der Waals surface area (Å²) in [4.78, 5) is 27.8. The zero-order chi connectivity index (χ0) is 27.6. The summed E-state index contributed by atoms with van der Waals surface area (Å²) >= 11 is 6.51. The number of nitrogens with zero attached hydrogens (tertiary/aromatic N) is 4. The number of carbonyl (C=O) groups excluding carboxylic acids is 1. The highest BCUT2D eigenvalue weighted by Gasteiger charge is 2.53. The molecule has 1 saturated carbocycles. The second kappa shape index (κ2) is 11.0.